The van der Waals surface area contributed by atoms with Crippen molar-refractivity contribution in [2.24, 2.45) is 0 Å². The number of halogens is 1. The van der Waals surface area contributed by atoms with Crippen molar-refractivity contribution in [1.82, 2.24) is 9.97 Å². The van der Waals surface area contributed by atoms with Crippen LogP contribution >= 0.6 is 23.4 Å². The van der Waals surface area contributed by atoms with Crippen molar-refractivity contribution in [2.75, 3.05) is 11.1 Å². The topological polar surface area (TPSA) is 54.9 Å². The smallest absolute Gasteiger partial charge is 0.235 e. The van der Waals surface area contributed by atoms with Gasteiger partial charge in [0, 0.05) is 11.6 Å². The summed E-state index contributed by atoms with van der Waals surface area (Å²) >= 11 is 7.14. The van der Waals surface area contributed by atoms with Crippen molar-refractivity contribution in [3.05, 3.63) is 59.8 Å². The van der Waals surface area contributed by atoms with Gasteiger partial charge in [-0.05, 0) is 24.3 Å². The van der Waals surface area contributed by atoms with Gasteiger partial charge in [-0.25, -0.2) is 9.97 Å². The number of carbonyl (C=O) groups excluding carboxylic acids is 1. The van der Waals surface area contributed by atoms with Crippen LogP contribution in [0.1, 0.15) is 0 Å². The first-order chi connectivity index (χ1) is 10.7. The first-order valence-corrected chi connectivity index (χ1v) is 7.97. The molecule has 4 nitrogen and oxygen atoms in total. The number of hydrogen-bond donors (Lipinski definition) is 1. The molecule has 0 spiro atoms. The van der Waals surface area contributed by atoms with Gasteiger partial charge < -0.3 is 5.32 Å². The molecule has 0 bridgehead atoms. The number of para-hydroxylation sites is 1. The monoisotopic (exact) mass is 329 g/mol. The number of rotatable bonds is 4. The molecule has 2 heterocycles. The number of amides is 1. The molecule has 3 rings (SSSR count). The molecule has 0 aliphatic carbocycles. The third kappa shape index (κ3) is 3.75. The first kappa shape index (κ1) is 14.8. The van der Waals surface area contributed by atoms with Crippen molar-refractivity contribution in [3.8, 4) is 0 Å². The molecular weight excluding hydrogens is 318 g/mol. The molecule has 0 aliphatic rings. The molecular formula is C16H12ClN3OS. The van der Waals surface area contributed by atoms with E-state index in [-0.39, 0.29) is 11.7 Å². The van der Waals surface area contributed by atoms with Gasteiger partial charge in [-0.1, -0.05) is 47.6 Å². The lowest BCUT2D eigenvalue weighted by atomic mass is 10.2. The maximum Gasteiger partial charge on any atom is 0.235 e. The van der Waals surface area contributed by atoms with Gasteiger partial charge in [-0.3, -0.25) is 4.79 Å². The van der Waals surface area contributed by atoms with Crippen LogP contribution in [-0.2, 0) is 4.79 Å². The van der Waals surface area contributed by atoms with Gasteiger partial charge in [0.05, 0.1) is 21.3 Å². The molecule has 1 amide bonds. The summed E-state index contributed by atoms with van der Waals surface area (Å²) in [5, 5.41) is 5.16. The van der Waals surface area contributed by atoms with E-state index in [1.807, 2.05) is 36.4 Å². The third-order valence-corrected chi connectivity index (χ3v) is 4.07. The van der Waals surface area contributed by atoms with Crippen LogP contribution < -0.4 is 5.32 Å². The predicted octanol–water partition coefficient (Wildman–Crippen LogP) is 4.01. The summed E-state index contributed by atoms with van der Waals surface area (Å²) in [5.41, 5.74) is 0.923. The summed E-state index contributed by atoms with van der Waals surface area (Å²) in [7, 11) is 0. The highest BCUT2D eigenvalue weighted by molar-refractivity contribution is 7.99. The highest BCUT2D eigenvalue weighted by atomic mass is 35.5. The second-order valence-electron chi connectivity index (χ2n) is 4.54. The quantitative estimate of drug-likeness (QED) is 0.735. The Morgan fingerprint density at radius 2 is 2.00 bits per heavy atom. The lowest BCUT2D eigenvalue weighted by Gasteiger charge is -2.05. The predicted molar refractivity (Wildman–Crippen MR) is 90.3 cm³/mol. The summed E-state index contributed by atoms with van der Waals surface area (Å²) < 4.78 is 0. The van der Waals surface area contributed by atoms with Gasteiger partial charge >= 0.3 is 0 Å². The zero-order chi connectivity index (χ0) is 15.4. The summed E-state index contributed by atoms with van der Waals surface area (Å²) in [4.78, 5) is 20.4. The summed E-state index contributed by atoms with van der Waals surface area (Å²) in [5.74, 6) is 0.631. The van der Waals surface area contributed by atoms with Crippen LogP contribution in [0.25, 0.3) is 10.9 Å². The second kappa shape index (κ2) is 6.77. The number of nitrogens with one attached hydrogen (secondary N) is 1. The second-order valence-corrected chi connectivity index (χ2v) is 5.97. The van der Waals surface area contributed by atoms with Gasteiger partial charge in [0.2, 0.25) is 5.91 Å². The van der Waals surface area contributed by atoms with Crippen molar-refractivity contribution in [3.63, 3.8) is 0 Å². The van der Waals surface area contributed by atoms with Crippen LogP contribution in [0, 0.1) is 0 Å². The van der Waals surface area contributed by atoms with Gasteiger partial charge in [0.15, 0.2) is 0 Å². The minimum atomic E-state index is -0.130. The SMILES string of the molecule is O=C(CSc1ccc2ccccc2n1)Nc1ccc(Cl)cn1. The van der Waals surface area contributed by atoms with Crippen LogP contribution in [0.3, 0.4) is 0 Å². The van der Waals surface area contributed by atoms with E-state index in [9.17, 15) is 4.79 Å². The van der Waals surface area contributed by atoms with Crippen LogP contribution in [0.2, 0.25) is 5.02 Å². The van der Waals surface area contributed by atoms with E-state index in [4.69, 9.17) is 11.6 Å². The largest absolute Gasteiger partial charge is 0.310 e. The minimum Gasteiger partial charge on any atom is -0.310 e. The number of hydrogen-bond acceptors (Lipinski definition) is 4. The molecule has 22 heavy (non-hydrogen) atoms. The number of anilines is 1. The molecule has 0 saturated carbocycles. The number of pyridine rings is 2. The Balaban J connectivity index is 1.60. The summed E-state index contributed by atoms with van der Waals surface area (Å²) in [6.07, 6.45) is 1.50. The number of benzene rings is 1. The first-order valence-electron chi connectivity index (χ1n) is 6.61. The van der Waals surface area contributed by atoms with Crippen LogP contribution in [0.4, 0.5) is 5.82 Å². The number of carbonyl (C=O) groups is 1. The molecule has 2 aromatic heterocycles. The summed E-state index contributed by atoms with van der Waals surface area (Å²) in [6.45, 7) is 0. The van der Waals surface area contributed by atoms with E-state index in [0.717, 1.165) is 15.9 Å². The zero-order valence-electron chi connectivity index (χ0n) is 11.5. The Hall–Kier alpha value is -2.11. The Morgan fingerprint density at radius 1 is 1.14 bits per heavy atom. The maximum atomic E-state index is 11.9. The Kier molecular flexibility index (Phi) is 4.56. The fraction of sp³-hybridized carbons (Fsp3) is 0.0625. The Morgan fingerprint density at radius 3 is 2.82 bits per heavy atom. The average Bonchev–Trinajstić information content (AvgIpc) is 2.55. The van der Waals surface area contributed by atoms with Crippen LogP contribution in [0.5, 0.6) is 0 Å². The molecule has 110 valence electrons. The maximum absolute atomic E-state index is 11.9. The Labute approximate surface area is 136 Å². The van der Waals surface area contributed by atoms with E-state index in [1.165, 1.54) is 18.0 Å². The third-order valence-electron chi connectivity index (χ3n) is 2.92. The van der Waals surface area contributed by atoms with E-state index in [0.29, 0.717) is 10.8 Å². The van der Waals surface area contributed by atoms with Gasteiger partial charge in [0.1, 0.15) is 5.82 Å². The lowest BCUT2D eigenvalue weighted by Crippen LogP contribution is -2.14. The Bertz CT molecular complexity index is 808. The highest BCUT2D eigenvalue weighted by Crippen LogP contribution is 2.20. The van der Waals surface area contributed by atoms with Crippen molar-refractivity contribution in [2.45, 2.75) is 5.03 Å². The number of nitrogens with zero attached hydrogens (tertiary/aromatic N) is 2. The van der Waals surface area contributed by atoms with E-state index in [1.54, 1.807) is 12.1 Å². The van der Waals surface area contributed by atoms with E-state index >= 15 is 0 Å². The molecule has 0 atom stereocenters. The lowest BCUT2D eigenvalue weighted by molar-refractivity contribution is -0.113. The molecule has 0 radical (unpaired) electrons. The average molecular weight is 330 g/mol. The number of aromatic nitrogens is 2. The van der Waals surface area contributed by atoms with Crippen molar-refractivity contribution in [1.29, 1.82) is 0 Å². The van der Waals surface area contributed by atoms with E-state index < -0.39 is 0 Å². The van der Waals surface area contributed by atoms with Crippen LogP contribution in [0.15, 0.2) is 59.8 Å². The van der Waals surface area contributed by atoms with Crippen molar-refractivity contribution < 1.29 is 4.79 Å². The normalized spacial score (nSPS) is 10.6. The molecule has 3 aromatic rings. The van der Waals surface area contributed by atoms with Gasteiger partial charge in [-0.15, -0.1) is 0 Å². The van der Waals surface area contributed by atoms with Crippen molar-refractivity contribution >= 4 is 46.0 Å². The standard InChI is InChI=1S/C16H12ClN3OS/c17-12-6-7-14(18-9-12)20-15(21)10-22-16-8-5-11-3-1-2-4-13(11)19-16/h1-9H,10H2,(H,18,20,21). The van der Waals surface area contributed by atoms with Crippen LogP contribution in [-0.4, -0.2) is 21.6 Å². The van der Waals surface area contributed by atoms with Gasteiger partial charge in [-0.2, -0.15) is 0 Å². The molecule has 1 N–H and O–H groups in total. The molecule has 1 aromatic carbocycles. The summed E-state index contributed by atoms with van der Waals surface area (Å²) in [6, 6.07) is 15.2. The molecule has 0 fully saturated rings. The fourth-order valence-electron chi connectivity index (χ4n) is 1.90. The molecule has 0 saturated heterocycles. The number of fused-ring (bicyclic) bond motifs is 1. The number of thioether (sulfide) groups is 1. The minimum absolute atomic E-state index is 0.130. The fourth-order valence-corrected chi connectivity index (χ4v) is 2.69. The van der Waals surface area contributed by atoms with Gasteiger partial charge in [0.25, 0.3) is 0 Å². The highest BCUT2D eigenvalue weighted by Gasteiger charge is 2.06. The molecule has 0 aliphatic heterocycles. The zero-order valence-corrected chi connectivity index (χ0v) is 13.1. The molecule has 0 unspecified atom stereocenters. The van der Waals surface area contributed by atoms with E-state index in [2.05, 4.69) is 15.3 Å². The molecule has 6 heteroatoms.